The number of ketones is 1. The van der Waals surface area contributed by atoms with E-state index in [4.69, 9.17) is 4.74 Å². The van der Waals surface area contributed by atoms with Gasteiger partial charge in [0.25, 0.3) is 0 Å². The second-order valence-electron chi connectivity index (χ2n) is 10.9. The first-order chi connectivity index (χ1) is 19.9. The first kappa shape index (κ1) is 29.5. The van der Waals surface area contributed by atoms with Gasteiger partial charge in [0.2, 0.25) is 0 Å². The number of aryl methyl sites for hydroxylation is 1. The van der Waals surface area contributed by atoms with E-state index in [1.54, 1.807) is 18.2 Å². The minimum Gasteiger partial charge on any atom is -0.497 e. The van der Waals surface area contributed by atoms with Crippen molar-refractivity contribution < 1.29 is 31.5 Å². The Bertz CT molecular complexity index is 1590. The monoisotopic (exact) mass is 586 g/mol. The maximum Gasteiger partial charge on any atom is 0.390 e. The number of imidazole rings is 1. The molecule has 1 fully saturated rings. The number of ether oxygens (including phenoxy) is 1. The van der Waals surface area contributed by atoms with Gasteiger partial charge in [0.1, 0.15) is 11.4 Å². The Balaban J connectivity index is 1.54. The molecule has 2 aromatic carbocycles. The number of benzene rings is 2. The van der Waals surface area contributed by atoms with Crippen LogP contribution in [0.5, 0.6) is 5.75 Å². The summed E-state index contributed by atoms with van der Waals surface area (Å²) in [4.78, 5) is 17.3. The summed E-state index contributed by atoms with van der Waals surface area (Å²) in [7, 11) is 1.42. The van der Waals surface area contributed by atoms with Crippen LogP contribution >= 0.6 is 0 Å². The quantitative estimate of drug-likeness (QED) is 0.143. The molecule has 11 heteroatoms. The van der Waals surface area contributed by atoms with Crippen molar-refractivity contribution in [2.75, 3.05) is 19.0 Å². The van der Waals surface area contributed by atoms with Crippen molar-refractivity contribution in [1.82, 2.24) is 14.6 Å². The first-order valence-electron chi connectivity index (χ1n) is 13.7. The van der Waals surface area contributed by atoms with Crippen molar-refractivity contribution in [2.24, 2.45) is 11.8 Å². The lowest BCUT2D eigenvalue weighted by atomic mass is 9.93. The number of nitrogens with zero attached hydrogens (tertiary/aromatic N) is 3. The largest absolute Gasteiger partial charge is 0.497 e. The zero-order valence-electron chi connectivity index (χ0n) is 23.4. The Labute approximate surface area is 239 Å². The summed E-state index contributed by atoms with van der Waals surface area (Å²) in [5.41, 5.74) is 1.28. The predicted molar refractivity (Wildman–Crippen MR) is 149 cm³/mol. The van der Waals surface area contributed by atoms with Crippen molar-refractivity contribution in [3.63, 3.8) is 0 Å². The summed E-state index contributed by atoms with van der Waals surface area (Å²) in [5, 5.41) is 6.83. The highest BCUT2D eigenvalue weighted by molar-refractivity contribution is 5.98. The fourth-order valence-electron chi connectivity index (χ4n) is 5.11. The molecule has 2 heterocycles. The van der Waals surface area contributed by atoms with E-state index in [2.05, 4.69) is 22.3 Å². The van der Waals surface area contributed by atoms with E-state index < -0.39 is 30.8 Å². The van der Waals surface area contributed by atoms with E-state index in [0.717, 1.165) is 24.5 Å². The molecule has 1 atom stereocenters. The van der Waals surface area contributed by atoms with Crippen LogP contribution in [-0.2, 0) is 5.92 Å². The standard InChI is InChI=1S/C31H31F5N4O2/c1-18(20-4-5-20)15-27(41)24-11-6-21(14-19(24)2)26-17-38-29-25(37-13-12-30(32,33)34)16-28(39-40(26)29)31(35,36)22-7-9-23(42-3)10-8-22/h6-11,14,16-18,20,37H,4-5,12-13,15H2,1-3H3. The van der Waals surface area contributed by atoms with E-state index in [-0.39, 0.29) is 22.7 Å². The number of hydrogen-bond acceptors (Lipinski definition) is 5. The molecule has 1 saturated carbocycles. The maximum absolute atomic E-state index is 15.8. The summed E-state index contributed by atoms with van der Waals surface area (Å²) in [5.74, 6) is -2.24. The highest BCUT2D eigenvalue weighted by Crippen LogP contribution is 2.40. The number of Topliss-reactive ketones (excluding diaryl/α,β-unsaturated/α-hetero) is 1. The molecule has 4 aromatic rings. The minimum atomic E-state index is -4.43. The van der Waals surface area contributed by atoms with E-state index in [0.29, 0.717) is 40.8 Å². The molecule has 42 heavy (non-hydrogen) atoms. The third-order valence-electron chi connectivity index (χ3n) is 7.72. The van der Waals surface area contributed by atoms with Gasteiger partial charge < -0.3 is 10.1 Å². The molecule has 0 aliphatic heterocycles. The Kier molecular flexibility index (Phi) is 7.96. The molecule has 0 radical (unpaired) electrons. The molecule has 1 N–H and O–H groups in total. The van der Waals surface area contributed by atoms with Gasteiger partial charge in [0, 0.05) is 29.7 Å². The van der Waals surface area contributed by atoms with Crippen LogP contribution in [-0.4, -0.2) is 40.2 Å². The van der Waals surface area contributed by atoms with Crippen molar-refractivity contribution >= 4 is 17.1 Å². The molecule has 1 unspecified atom stereocenters. The average Bonchev–Trinajstić information content (AvgIpc) is 3.71. The van der Waals surface area contributed by atoms with Gasteiger partial charge in [-0.3, -0.25) is 4.79 Å². The Morgan fingerprint density at radius 3 is 2.43 bits per heavy atom. The number of aromatic nitrogens is 3. The Morgan fingerprint density at radius 2 is 1.81 bits per heavy atom. The fraction of sp³-hybridized carbons (Fsp3) is 0.387. The van der Waals surface area contributed by atoms with Crippen LogP contribution in [0.25, 0.3) is 16.9 Å². The summed E-state index contributed by atoms with van der Waals surface area (Å²) in [6.45, 7) is 3.36. The molecule has 0 bridgehead atoms. The van der Waals surface area contributed by atoms with Gasteiger partial charge in [-0.25, -0.2) is 9.50 Å². The average molecular weight is 587 g/mol. The van der Waals surface area contributed by atoms with E-state index in [1.165, 1.54) is 42.1 Å². The van der Waals surface area contributed by atoms with Crippen LogP contribution in [0.2, 0.25) is 0 Å². The van der Waals surface area contributed by atoms with Gasteiger partial charge >= 0.3 is 12.1 Å². The number of halogens is 5. The highest BCUT2D eigenvalue weighted by Gasteiger charge is 2.38. The maximum atomic E-state index is 15.8. The molecule has 0 spiro atoms. The molecule has 0 saturated heterocycles. The van der Waals surface area contributed by atoms with Gasteiger partial charge in [0.05, 0.1) is 31.1 Å². The van der Waals surface area contributed by atoms with Gasteiger partial charge in [-0.1, -0.05) is 19.1 Å². The SMILES string of the molecule is COc1ccc(C(F)(F)c2cc(NCCC(F)(F)F)c3ncc(-c4ccc(C(=O)CC(C)C5CC5)c(C)c4)n3n2)cc1. The normalized spacial score (nSPS) is 14.7. The lowest BCUT2D eigenvalue weighted by molar-refractivity contribution is -0.131. The third-order valence-corrected chi connectivity index (χ3v) is 7.72. The van der Waals surface area contributed by atoms with Crippen LogP contribution in [0.3, 0.4) is 0 Å². The molecule has 1 aliphatic carbocycles. The zero-order valence-corrected chi connectivity index (χ0v) is 23.4. The van der Waals surface area contributed by atoms with E-state index in [1.807, 2.05) is 6.92 Å². The molecule has 6 nitrogen and oxygen atoms in total. The number of nitrogens with one attached hydrogen (secondary N) is 1. The van der Waals surface area contributed by atoms with Crippen molar-refractivity contribution in [1.29, 1.82) is 0 Å². The summed E-state index contributed by atoms with van der Waals surface area (Å²) >= 11 is 0. The second-order valence-corrected chi connectivity index (χ2v) is 10.9. The summed E-state index contributed by atoms with van der Waals surface area (Å²) < 4.78 is 76.4. The molecule has 2 aromatic heterocycles. The summed E-state index contributed by atoms with van der Waals surface area (Å²) in [6, 6.07) is 11.4. The highest BCUT2D eigenvalue weighted by atomic mass is 19.4. The van der Waals surface area contributed by atoms with E-state index >= 15 is 8.78 Å². The number of alkyl halides is 5. The Morgan fingerprint density at radius 1 is 1.10 bits per heavy atom. The van der Waals surface area contributed by atoms with Crippen molar-refractivity contribution in [3.8, 4) is 17.0 Å². The van der Waals surface area contributed by atoms with Crippen LogP contribution < -0.4 is 10.1 Å². The molecule has 222 valence electrons. The van der Waals surface area contributed by atoms with Gasteiger partial charge in [-0.2, -0.15) is 27.1 Å². The number of carbonyl (C=O) groups is 1. The number of rotatable bonds is 11. The second kappa shape index (κ2) is 11.3. The van der Waals surface area contributed by atoms with E-state index in [9.17, 15) is 18.0 Å². The van der Waals surface area contributed by atoms with Crippen LogP contribution in [0.15, 0.2) is 54.7 Å². The van der Waals surface area contributed by atoms with Crippen LogP contribution in [0.1, 0.15) is 59.8 Å². The van der Waals surface area contributed by atoms with Crippen LogP contribution in [0, 0.1) is 18.8 Å². The zero-order chi connectivity index (χ0) is 30.2. The molecule has 5 rings (SSSR count). The van der Waals surface area contributed by atoms with Gasteiger partial charge in [-0.05, 0) is 73.6 Å². The number of anilines is 1. The molecule has 1 aliphatic rings. The molecule has 0 amide bonds. The number of hydrogen-bond donors (Lipinski definition) is 1. The first-order valence-corrected chi connectivity index (χ1v) is 13.7. The smallest absolute Gasteiger partial charge is 0.390 e. The number of carbonyl (C=O) groups excluding carboxylic acids is 1. The van der Waals surface area contributed by atoms with Gasteiger partial charge in [-0.15, -0.1) is 0 Å². The Hall–Kier alpha value is -4.02. The molecular weight excluding hydrogens is 555 g/mol. The van der Waals surface area contributed by atoms with Crippen molar-refractivity contribution in [3.05, 3.63) is 77.1 Å². The molecular formula is C31H31F5N4O2. The lowest BCUT2D eigenvalue weighted by Crippen LogP contribution is -2.20. The number of fused-ring (bicyclic) bond motifs is 1. The third kappa shape index (κ3) is 6.24. The van der Waals surface area contributed by atoms with Crippen LogP contribution in [0.4, 0.5) is 27.6 Å². The number of methoxy groups -OCH3 is 1. The topological polar surface area (TPSA) is 68.5 Å². The lowest BCUT2D eigenvalue weighted by Gasteiger charge is -2.19. The predicted octanol–water partition coefficient (Wildman–Crippen LogP) is 7.84. The van der Waals surface area contributed by atoms with Crippen molar-refractivity contribution in [2.45, 2.75) is 51.6 Å². The minimum absolute atomic E-state index is 0.0127. The summed E-state index contributed by atoms with van der Waals surface area (Å²) in [6.07, 6.45) is -1.40. The van der Waals surface area contributed by atoms with Gasteiger partial charge in [0.15, 0.2) is 11.4 Å². The fourth-order valence-corrected chi connectivity index (χ4v) is 5.11.